The first-order valence-corrected chi connectivity index (χ1v) is 7.26. The zero-order valence-electron chi connectivity index (χ0n) is 10.4. The summed E-state index contributed by atoms with van der Waals surface area (Å²) in [7, 11) is 0. The lowest BCUT2D eigenvalue weighted by Gasteiger charge is -2.10. The zero-order chi connectivity index (χ0) is 13.2. The molecule has 0 spiro atoms. The second kappa shape index (κ2) is 5.23. The number of thiazole rings is 1. The Labute approximate surface area is 120 Å². The second-order valence-electron chi connectivity index (χ2n) is 4.44. The third kappa shape index (κ3) is 2.74. The van der Waals surface area contributed by atoms with Crippen molar-refractivity contribution in [1.29, 1.82) is 0 Å². The summed E-state index contributed by atoms with van der Waals surface area (Å²) in [6, 6.07) is 9.91. The van der Waals surface area contributed by atoms with Crippen LogP contribution in [0.25, 0.3) is 10.2 Å². The van der Waals surface area contributed by atoms with Crippen molar-refractivity contribution in [2.24, 2.45) is 0 Å². The van der Waals surface area contributed by atoms with Gasteiger partial charge in [0.2, 0.25) is 0 Å². The summed E-state index contributed by atoms with van der Waals surface area (Å²) in [4.78, 5) is 4.54. The van der Waals surface area contributed by atoms with Crippen LogP contribution in [0.4, 0.5) is 5.13 Å². The van der Waals surface area contributed by atoms with Crippen molar-refractivity contribution in [3.05, 3.63) is 47.4 Å². The molecule has 0 fully saturated rings. The molecule has 0 bridgehead atoms. The maximum Gasteiger partial charge on any atom is 0.184 e. The standard InChI is InChI=1S/C14H13ClN2OS/c1-9(8-10-4-3-7-18-10)16-14-17-12-6-2-5-11(15)13(12)19-14/h2-7,9H,8H2,1H3,(H,16,17). The van der Waals surface area contributed by atoms with Crippen LogP contribution in [0.3, 0.4) is 0 Å². The quantitative estimate of drug-likeness (QED) is 0.764. The van der Waals surface area contributed by atoms with E-state index in [0.29, 0.717) is 0 Å². The van der Waals surface area contributed by atoms with Gasteiger partial charge in [0.15, 0.2) is 5.13 Å². The lowest BCUT2D eigenvalue weighted by molar-refractivity contribution is 0.498. The Morgan fingerprint density at radius 2 is 2.26 bits per heavy atom. The highest BCUT2D eigenvalue weighted by Crippen LogP contribution is 2.32. The molecule has 0 saturated carbocycles. The Kier molecular flexibility index (Phi) is 3.44. The number of benzene rings is 1. The van der Waals surface area contributed by atoms with Crippen LogP contribution in [0.2, 0.25) is 5.02 Å². The van der Waals surface area contributed by atoms with Crippen LogP contribution >= 0.6 is 22.9 Å². The van der Waals surface area contributed by atoms with Crippen LogP contribution in [-0.4, -0.2) is 11.0 Å². The van der Waals surface area contributed by atoms with E-state index in [4.69, 9.17) is 16.0 Å². The highest BCUT2D eigenvalue weighted by atomic mass is 35.5. The summed E-state index contributed by atoms with van der Waals surface area (Å²) in [5.41, 5.74) is 0.935. The number of fused-ring (bicyclic) bond motifs is 1. The van der Waals surface area contributed by atoms with E-state index < -0.39 is 0 Å². The largest absolute Gasteiger partial charge is 0.469 e. The predicted octanol–water partition coefficient (Wildman–Crippen LogP) is 4.59. The van der Waals surface area contributed by atoms with Gasteiger partial charge in [0.05, 0.1) is 21.5 Å². The van der Waals surface area contributed by atoms with Gasteiger partial charge in [-0.05, 0) is 31.2 Å². The van der Waals surface area contributed by atoms with Crippen molar-refractivity contribution in [1.82, 2.24) is 4.98 Å². The first-order valence-electron chi connectivity index (χ1n) is 6.06. The maximum atomic E-state index is 6.15. The first-order chi connectivity index (χ1) is 9.22. The van der Waals surface area contributed by atoms with Crippen molar-refractivity contribution in [3.63, 3.8) is 0 Å². The summed E-state index contributed by atoms with van der Waals surface area (Å²) in [5.74, 6) is 0.971. The first kappa shape index (κ1) is 12.5. The molecule has 1 aromatic carbocycles. The van der Waals surface area contributed by atoms with Gasteiger partial charge in [-0.3, -0.25) is 0 Å². The molecule has 2 heterocycles. The maximum absolute atomic E-state index is 6.15. The number of furan rings is 1. The van der Waals surface area contributed by atoms with Crippen LogP contribution in [0.5, 0.6) is 0 Å². The number of nitrogens with one attached hydrogen (secondary N) is 1. The fourth-order valence-electron chi connectivity index (χ4n) is 1.97. The van der Waals surface area contributed by atoms with Gasteiger partial charge in [-0.1, -0.05) is 29.0 Å². The minimum atomic E-state index is 0.255. The number of aromatic nitrogens is 1. The van der Waals surface area contributed by atoms with Gasteiger partial charge in [-0.2, -0.15) is 0 Å². The molecule has 0 aliphatic heterocycles. The van der Waals surface area contributed by atoms with Crippen molar-refractivity contribution >= 4 is 38.3 Å². The fourth-order valence-corrected chi connectivity index (χ4v) is 3.24. The number of hydrogen-bond donors (Lipinski definition) is 1. The average molecular weight is 293 g/mol. The van der Waals surface area contributed by atoms with Gasteiger partial charge >= 0.3 is 0 Å². The van der Waals surface area contributed by atoms with Crippen LogP contribution in [0.1, 0.15) is 12.7 Å². The summed E-state index contributed by atoms with van der Waals surface area (Å²) in [6.07, 6.45) is 2.52. The van der Waals surface area contributed by atoms with Crippen molar-refractivity contribution in [3.8, 4) is 0 Å². The van der Waals surface area contributed by atoms with Crippen molar-refractivity contribution in [2.45, 2.75) is 19.4 Å². The molecule has 0 radical (unpaired) electrons. The summed E-state index contributed by atoms with van der Waals surface area (Å²) >= 11 is 7.73. The summed E-state index contributed by atoms with van der Waals surface area (Å²) < 4.78 is 6.37. The Morgan fingerprint density at radius 1 is 1.37 bits per heavy atom. The van der Waals surface area contributed by atoms with E-state index in [9.17, 15) is 0 Å². The fraction of sp³-hybridized carbons (Fsp3) is 0.214. The monoisotopic (exact) mass is 292 g/mol. The minimum Gasteiger partial charge on any atom is -0.469 e. The Morgan fingerprint density at radius 3 is 3.00 bits per heavy atom. The number of halogens is 1. The highest BCUT2D eigenvalue weighted by molar-refractivity contribution is 7.22. The number of rotatable bonds is 4. The lowest BCUT2D eigenvalue weighted by Crippen LogP contribution is -2.17. The number of hydrogen-bond acceptors (Lipinski definition) is 4. The topological polar surface area (TPSA) is 38.1 Å². The molecule has 0 amide bonds. The number of anilines is 1. The van der Waals surface area contributed by atoms with E-state index >= 15 is 0 Å². The molecule has 3 aromatic rings. The molecule has 1 unspecified atom stereocenters. The van der Waals surface area contributed by atoms with Crippen LogP contribution in [0.15, 0.2) is 41.0 Å². The second-order valence-corrected chi connectivity index (χ2v) is 5.84. The molecule has 1 atom stereocenters. The molecular weight excluding hydrogens is 280 g/mol. The van der Waals surface area contributed by atoms with Gasteiger partial charge in [0.1, 0.15) is 5.76 Å². The van der Waals surface area contributed by atoms with E-state index in [0.717, 1.165) is 32.6 Å². The molecule has 3 nitrogen and oxygen atoms in total. The van der Waals surface area contributed by atoms with Crippen LogP contribution < -0.4 is 5.32 Å². The van der Waals surface area contributed by atoms with Gasteiger partial charge in [-0.25, -0.2) is 4.98 Å². The average Bonchev–Trinajstić information content (AvgIpc) is 2.98. The zero-order valence-corrected chi connectivity index (χ0v) is 12.0. The van der Waals surface area contributed by atoms with E-state index in [1.165, 1.54) is 0 Å². The lowest BCUT2D eigenvalue weighted by atomic mass is 10.2. The van der Waals surface area contributed by atoms with Gasteiger partial charge in [0, 0.05) is 12.5 Å². The minimum absolute atomic E-state index is 0.255. The third-order valence-corrected chi connectivity index (χ3v) is 4.29. The van der Waals surface area contributed by atoms with E-state index in [-0.39, 0.29) is 6.04 Å². The molecule has 98 valence electrons. The van der Waals surface area contributed by atoms with Crippen molar-refractivity contribution in [2.75, 3.05) is 5.32 Å². The van der Waals surface area contributed by atoms with Gasteiger partial charge in [0.25, 0.3) is 0 Å². The molecule has 3 rings (SSSR count). The van der Waals surface area contributed by atoms with Crippen LogP contribution in [0, 0.1) is 0 Å². The number of nitrogens with zero attached hydrogens (tertiary/aromatic N) is 1. The molecule has 19 heavy (non-hydrogen) atoms. The van der Waals surface area contributed by atoms with E-state index in [2.05, 4.69) is 17.2 Å². The Bertz CT molecular complexity index is 678. The van der Waals surface area contributed by atoms with Crippen molar-refractivity contribution < 1.29 is 4.42 Å². The van der Waals surface area contributed by atoms with Gasteiger partial charge < -0.3 is 9.73 Å². The summed E-state index contributed by atoms with van der Waals surface area (Å²) in [6.45, 7) is 2.11. The molecular formula is C14H13ClN2OS. The Hall–Kier alpha value is -1.52. The predicted molar refractivity (Wildman–Crippen MR) is 80.1 cm³/mol. The highest BCUT2D eigenvalue weighted by Gasteiger charge is 2.10. The molecule has 2 aromatic heterocycles. The van der Waals surface area contributed by atoms with E-state index in [1.54, 1.807) is 17.6 Å². The normalized spacial score (nSPS) is 12.7. The van der Waals surface area contributed by atoms with E-state index in [1.807, 2.05) is 30.3 Å². The molecule has 5 heteroatoms. The molecule has 0 saturated heterocycles. The van der Waals surface area contributed by atoms with Crippen LogP contribution in [-0.2, 0) is 6.42 Å². The molecule has 0 aliphatic rings. The molecule has 1 N–H and O–H groups in total. The molecule has 0 aliphatic carbocycles. The summed E-state index contributed by atoms with van der Waals surface area (Å²) in [5, 5.41) is 5.03. The van der Waals surface area contributed by atoms with Gasteiger partial charge in [-0.15, -0.1) is 0 Å². The third-order valence-electron chi connectivity index (χ3n) is 2.82. The smallest absolute Gasteiger partial charge is 0.184 e. The Balaban J connectivity index is 1.76. The SMILES string of the molecule is CC(Cc1ccco1)Nc1nc2cccc(Cl)c2s1.